The van der Waals surface area contributed by atoms with Gasteiger partial charge in [0.15, 0.2) is 0 Å². The van der Waals surface area contributed by atoms with Crippen molar-refractivity contribution in [1.82, 2.24) is 16.4 Å². The van der Waals surface area contributed by atoms with Gasteiger partial charge in [-0.2, -0.15) is 5.53 Å². The van der Waals surface area contributed by atoms with Gasteiger partial charge in [0.1, 0.15) is 0 Å². The molecular weight excluding hydrogens is 66.0 g/mol. The lowest BCUT2D eigenvalue weighted by Gasteiger charge is -1.82. The lowest BCUT2D eigenvalue weighted by Crippen LogP contribution is -2.28. The molecule has 0 spiro atoms. The molecule has 0 aromatic heterocycles. The summed E-state index contributed by atoms with van der Waals surface area (Å²) < 4.78 is 0. The van der Waals surface area contributed by atoms with E-state index in [1.807, 2.05) is 0 Å². The van der Waals surface area contributed by atoms with Crippen LogP contribution >= 0.6 is 0 Å². The summed E-state index contributed by atoms with van der Waals surface area (Å²) in [6, 6.07) is 0. The van der Waals surface area contributed by atoms with Crippen molar-refractivity contribution in [3.63, 3.8) is 0 Å². The van der Waals surface area contributed by atoms with E-state index in [1.54, 1.807) is 13.1 Å². The van der Waals surface area contributed by atoms with Gasteiger partial charge in [0, 0.05) is 0 Å². The topological polar surface area (TPSA) is 36.1 Å². The second-order valence-electron chi connectivity index (χ2n) is 0.747. The molecular formula is C2H5N3. The highest BCUT2D eigenvalue weighted by atomic mass is 15.6. The van der Waals surface area contributed by atoms with E-state index in [0.717, 1.165) is 0 Å². The van der Waals surface area contributed by atoms with Crippen LogP contribution in [0.3, 0.4) is 0 Å². The molecule has 0 atom stereocenters. The van der Waals surface area contributed by atoms with Crippen LogP contribution < -0.4 is 16.4 Å². The van der Waals surface area contributed by atoms with Crippen LogP contribution in [0.4, 0.5) is 0 Å². The molecule has 28 valence electrons. The zero-order valence-electron chi connectivity index (χ0n) is 2.65. The van der Waals surface area contributed by atoms with Crippen LogP contribution in [-0.4, -0.2) is 0 Å². The standard InChI is InChI=1S/C2H5N3/c1-2-4-5-3-1/h1-5H. The SMILES string of the molecule is [CH]1[CH]NNN1. The predicted octanol–water partition coefficient (Wildman–Crippen LogP) is -1.08. The van der Waals surface area contributed by atoms with Gasteiger partial charge in [0.05, 0.1) is 13.1 Å². The predicted molar refractivity (Wildman–Crippen MR) is 18.0 cm³/mol. The summed E-state index contributed by atoms with van der Waals surface area (Å²) in [6.45, 7) is 3.53. The van der Waals surface area contributed by atoms with E-state index in [0.29, 0.717) is 0 Å². The highest BCUT2D eigenvalue weighted by molar-refractivity contribution is 4.79. The first-order valence-corrected chi connectivity index (χ1v) is 1.41. The van der Waals surface area contributed by atoms with Crippen molar-refractivity contribution in [2.45, 2.75) is 0 Å². The zero-order valence-corrected chi connectivity index (χ0v) is 2.65. The molecule has 1 heterocycles. The molecule has 1 aliphatic heterocycles. The molecule has 0 bridgehead atoms. The lowest BCUT2D eigenvalue weighted by atomic mass is 10.7. The minimum Gasteiger partial charge on any atom is -0.238 e. The lowest BCUT2D eigenvalue weighted by molar-refractivity contribution is 0.615. The fraction of sp³-hybridized carbons (Fsp3) is 0. The smallest absolute Gasteiger partial charge is 0.0593 e. The molecule has 0 aliphatic carbocycles. The molecule has 3 heteroatoms. The first-order valence-electron chi connectivity index (χ1n) is 1.41. The molecule has 0 amide bonds. The Hall–Kier alpha value is -0.120. The molecule has 0 aromatic carbocycles. The van der Waals surface area contributed by atoms with Crippen molar-refractivity contribution >= 4 is 0 Å². The summed E-state index contributed by atoms with van der Waals surface area (Å²) in [6.07, 6.45) is 0. The van der Waals surface area contributed by atoms with Gasteiger partial charge in [-0.1, -0.05) is 0 Å². The van der Waals surface area contributed by atoms with E-state index in [2.05, 4.69) is 16.4 Å². The maximum absolute atomic E-state index is 2.68. The van der Waals surface area contributed by atoms with E-state index in [4.69, 9.17) is 0 Å². The molecule has 2 radical (unpaired) electrons. The van der Waals surface area contributed by atoms with E-state index < -0.39 is 0 Å². The van der Waals surface area contributed by atoms with Crippen molar-refractivity contribution < 1.29 is 0 Å². The van der Waals surface area contributed by atoms with Gasteiger partial charge < -0.3 is 0 Å². The first-order chi connectivity index (χ1) is 2.50. The third kappa shape index (κ3) is 0.576. The van der Waals surface area contributed by atoms with Crippen molar-refractivity contribution in [3.8, 4) is 0 Å². The monoisotopic (exact) mass is 71.0 g/mol. The van der Waals surface area contributed by atoms with Gasteiger partial charge in [0.25, 0.3) is 0 Å². The minimum atomic E-state index is 1.76. The molecule has 0 saturated carbocycles. The van der Waals surface area contributed by atoms with Crippen LogP contribution in [0.25, 0.3) is 0 Å². The van der Waals surface area contributed by atoms with Crippen LogP contribution in [0.2, 0.25) is 0 Å². The summed E-state index contributed by atoms with van der Waals surface area (Å²) in [7, 11) is 0. The van der Waals surface area contributed by atoms with Crippen LogP contribution in [0.15, 0.2) is 0 Å². The van der Waals surface area contributed by atoms with Crippen molar-refractivity contribution in [2.24, 2.45) is 0 Å². The van der Waals surface area contributed by atoms with E-state index in [-0.39, 0.29) is 0 Å². The van der Waals surface area contributed by atoms with Gasteiger partial charge in [-0.05, 0) is 0 Å². The average molecular weight is 71.1 g/mol. The second-order valence-corrected chi connectivity index (χ2v) is 0.747. The number of hydrazine groups is 2. The summed E-state index contributed by atoms with van der Waals surface area (Å²) in [4.78, 5) is 0. The summed E-state index contributed by atoms with van der Waals surface area (Å²) in [5.74, 6) is 0. The highest BCUT2D eigenvalue weighted by Gasteiger charge is 1.90. The third-order valence-electron chi connectivity index (χ3n) is 0.394. The summed E-state index contributed by atoms with van der Waals surface area (Å²) >= 11 is 0. The Balaban J connectivity index is 2.08. The fourth-order valence-corrected chi connectivity index (χ4v) is 0.208. The minimum absolute atomic E-state index is 1.76. The molecule has 1 rings (SSSR count). The van der Waals surface area contributed by atoms with Crippen molar-refractivity contribution in [1.29, 1.82) is 0 Å². The quantitative estimate of drug-likeness (QED) is 0.340. The Kier molecular flexibility index (Phi) is 0.834. The molecule has 3 nitrogen and oxygen atoms in total. The van der Waals surface area contributed by atoms with Crippen molar-refractivity contribution in [2.75, 3.05) is 0 Å². The van der Waals surface area contributed by atoms with Crippen LogP contribution in [0.1, 0.15) is 0 Å². The number of nitrogens with one attached hydrogen (secondary N) is 3. The van der Waals surface area contributed by atoms with E-state index >= 15 is 0 Å². The van der Waals surface area contributed by atoms with Gasteiger partial charge in [0.2, 0.25) is 0 Å². The van der Waals surface area contributed by atoms with Gasteiger partial charge in [-0.15, -0.1) is 0 Å². The molecule has 3 N–H and O–H groups in total. The van der Waals surface area contributed by atoms with Gasteiger partial charge in [-0.25, -0.2) is 10.9 Å². The average Bonchev–Trinajstić information content (AvgIpc) is 1.76. The Morgan fingerprint density at radius 1 is 1.00 bits per heavy atom. The number of hydrogen-bond acceptors (Lipinski definition) is 3. The number of rotatable bonds is 0. The van der Waals surface area contributed by atoms with Gasteiger partial charge in [-0.3, -0.25) is 0 Å². The van der Waals surface area contributed by atoms with Crippen LogP contribution in [0, 0.1) is 13.1 Å². The maximum Gasteiger partial charge on any atom is 0.0593 e. The Bertz CT molecular complexity index is 16.5. The molecule has 1 saturated heterocycles. The van der Waals surface area contributed by atoms with Crippen LogP contribution in [-0.2, 0) is 0 Å². The number of hydrogen-bond donors (Lipinski definition) is 3. The second kappa shape index (κ2) is 1.35. The van der Waals surface area contributed by atoms with Gasteiger partial charge >= 0.3 is 0 Å². The Morgan fingerprint density at radius 2 is 1.60 bits per heavy atom. The fourth-order valence-electron chi connectivity index (χ4n) is 0.208. The van der Waals surface area contributed by atoms with Crippen LogP contribution in [0.5, 0.6) is 0 Å². The first kappa shape index (κ1) is 3.08. The molecule has 1 aliphatic rings. The molecule has 5 heavy (non-hydrogen) atoms. The molecule has 0 unspecified atom stereocenters. The zero-order chi connectivity index (χ0) is 3.54. The summed E-state index contributed by atoms with van der Waals surface area (Å²) in [5.41, 5.74) is 7.97. The molecule has 1 fully saturated rings. The van der Waals surface area contributed by atoms with Crippen molar-refractivity contribution in [3.05, 3.63) is 13.1 Å². The highest BCUT2D eigenvalue weighted by Crippen LogP contribution is 1.71. The molecule has 0 aromatic rings. The van der Waals surface area contributed by atoms with E-state index in [1.165, 1.54) is 0 Å². The van der Waals surface area contributed by atoms with E-state index in [9.17, 15) is 0 Å². The normalized spacial score (nSPS) is 24.0. The Labute approximate surface area is 30.7 Å². The largest absolute Gasteiger partial charge is 0.238 e. The third-order valence-corrected chi connectivity index (χ3v) is 0.394. The summed E-state index contributed by atoms with van der Waals surface area (Å²) in [5, 5.41) is 0. The maximum atomic E-state index is 2.68. The Morgan fingerprint density at radius 3 is 1.80 bits per heavy atom.